The molecule has 1 aliphatic heterocycles. The summed E-state index contributed by atoms with van der Waals surface area (Å²) in [4.78, 5) is 9.36. The molecule has 0 spiro atoms. The molecule has 0 radical (unpaired) electrons. The minimum Gasteiger partial charge on any atom is -0.439 e. The fraction of sp³-hybridized carbons (Fsp3) is 0.0784. The highest BCUT2D eigenvalue weighted by molar-refractivity contribution is 6.26. The summed E-state index contributed by atoms with van der Waals surface area (Å²) in [6.45, 7) is 7.34. The first-order valence-corrected chi connectivity index (χ1v) is 19.5. The van der Waals surface area contributed by atoms with E-state index in [2.05, 4.69) is 184 Å². The topological polar surface area (TPSA) is 38.5 Å². The zero-order chi connectivity index (χ0) is 38.2. The van der Waals surface area contributed by atoms with Crippen LogP contribution < -0.4 is 14.5 Å². The molecule has 0 fully saturated rings. The molecular formula is C51H39N5O. The molecular weight excluding hydrogens is 699 g/mol. The number of nitrogens with zero attached hydrogens (tertiary/aromatic N) is 5. The van der Waals surface area contributed by atoms with Crippen molar-refractivity contribution in [2.45, 2.75) is 20.8 Å². The van der Waals surface area contributed by atoms with Crippen LogP contribution in [0.25, 0.3) is 55.0 Å². The molecule has 0 bridgehead atoms. The van der Waals surface area contributed by atoms with Gasteiger partial charge in [-0.15, -0.1) is 0 Å². The summed E-state index contributed by atoms with van der Waals surface area (Å²) >= 11 is 0. The highest BCUT2D eigenvalue weighted by Gasteiger charge is 2.30. The average molecular weight is 738 g/mol. The van der Waals surface area contributed by atoms with E-state index in [0.29, 0.717) is 12.5 Å². The van der Waals surface area contributed by atoms with Gasteiger partial charge in [-0.25, -0.2) is 4.98 Å². The Morgan fingerprint density at radius 3 is 2.02 bits per heavy atom. The lowest BCUT2D eigenvalue weighted by molar-refractivity contribution is 0.463. The smallest absolute Gasteiger partial charge is 0.219 e. The lowest BCUT2D eigenvalue weighted by atomic mass is 10.0. The molecule has 10 aromatic rings. The number of hydrogen-bond acceptors (Lipinski definition) is 4. The molecule has 57 heavy (non-hydrogen) atoms. The van der Waals surface area contributed by atoms with Gasteiger partial charge in [-0.2, -0.15) is 0 Å². The minimum atomic E-state index is 0.560. The van der Waals surface area contributed by atoms with Crippen LogP contribution in [0.3, 0.4) is 0 Å². The van der Waals surface area contributed by atoms with Crippen LogP contribution in [0.1, 0.15) is 16.7 Å². The molecule has 3 aromatic heterocycles. The van der Waals surface area contributed by atoms with Gasteiger partial charge in [0.2, 0.25) is 5.88 Å². The Morgan fingerprint density at radius 1 is 0.491 bits per heavy atom. The summed E-state index contributed by atoms with van der Waals surface area (Å²) in [7, 11) is 0. The van der Waals surface area contributed by atoms with Crippen molar-refractivity contribution in [3.8, 4) is 23.0 Å². The molecule has 0 amide bonds. The van der Waals surface area contributed by atoms with Gasteiger partial charge in [-0.3, -0.25) is 0 Å². The van der Waals surface area contributed by atoms with Gasteiger partial charge in [0.05, 0.1) is 33.4 Å². The highest BCUT2D eigenvalue weighted by atomic mass is 16.5. The summed E-state index contributed by atoms with van der Waals surface area (Å²) in [5.41, 5.74) is 15.4. The Labute approximate surface area is 331 Å². The maximum absolute atomic E-state index is 6.31. The number of hydrogen-bond donors (Lipinski definition) is 0. The largest absolute Gasteiger partial charge is 0.439 e. The Hall–Kier alpha value is -7.31. The fourth-order valence-corrected chi connectivity index (χ4v) is 9.28. The van der Waals surface area contributed by atoms with E-state index >= 15 is 0 Å². The zero-order valence-electron chi connectivity index (χ0n) is 32.0. The Bertz CT molecular complexity index is 3160. The van der Waals surface area contributed by atoms with Gasteiger partial charge in [-0.1, -0.05) is 90.5 Å². The van der Waals surface area contributed by atoms with Gasteiger partial charge in [0.15, 0.2) is 0 Å². The second-order valence-electron chi connectivity index (χ2n) is 15.1. The molecule has 6 heteroatoms. The predicted molar refractivity (Wildman–Crippen MR) is 236 cm³/mol. The molecule has 6 nitrogen and oxygen atoms in total. The number of aryl methyl sites for hydroxylation is 3. The maximum Gasteiger partial charge on any atom is 0.219 e. The van der Waals surface area contributed by atoms with Gasteiger partial charge in [0.1, 0.15) is 12.4 Å². The first kappa shape index (κ1) is 33.1. The highest BCUT2D eigenvalue weighted by Crippen LogP contribution is 2.48. The van der Waals surface area contributed by atoms with Crippen molar-refractivity contribution < 1.29 is 4.74 Å². The van der Waals surface area contributed by atoms with Gasteiger partial charge in [0.25, 0.3) is 0 Å². The fourth-order valence-electron chi connectivity index (χ4n) is 9.28. The van der Waals surface area contributed by atoms with Gasteiger partial charge in [0, 0.05) is 62.6 Å². The normalized spacial score (nSPS) is 12.7. The van der Waals surface area contributed by atoms with Crippen LogP contribution in [0, 0.1) is 20.8 Å². The van der Waals surface area contributed by atoms with Gasteiger partial charge in [-0.05, 0) is 98.6 Å². The number of aromatic nitrogens is 3. The number of pyridine rings is 1. The molecule has 0 atom stereocenters. The van der Waals surface area contributed by atoms with Crippen molar-refractivity contribution in [3.63, 3.8) is 0 Å². The van der Waals surface area contributed by atoms with E-state index in [4.69, 9.17) is 4.74 Å². The summed E-state index contributed by atoms with van der Waals surface area (Å²) in [5.74, 6) is 1.29. The summed E-state index contributed by atoms with van der Waals surface area (Å²) in [5, 5.41) is 4.85. The van der Waals surface area contributed by atoms with E-state index in [9.17, 15) is 0 Å². The standard InChI is InChI=1S/C51H39N5O/c1-33-28-34(2)50(35(3)29-33)54-32-53(44-20-9-10-21-45(44)54)37-23-24-42-47(31-37)55(38-16-13-17-39(30-38)57-48-22-11-12-27-52-48)46-26-25-41-40-18-7-8-19-43(40)56(51(41)49(42)46)36-14-5-4-6-15-36/h4-31H,32H2,1-3H3. The third kappa shape index (κ3) is 5.21. The number of para-hydroxylation sites is 4. The number of benzene rings is 7. The van der Waals surface area contributed by atoms with Gasteiger partial charge < -0.3 is 23.7 Å². The van der Waals surface area contributed by atoms with Crippen LogP contribution >= 0.6 is 0 Å². The van der Waals surface area contributed by atoms with Crippen LogP contribution in [0.15, 0.2) is 170 Å². The monoisotopic (exact) mass is 737 g/mol. The molecule has 7 aromatic carbocycles. The zero-order valence-corrected chi connectivity index (χ0v) is 32.0. The Kier molecular flexibility index (Phi) is 7.48. The van der Waals surface area contributed by atoms with E-state index < -0.39 is 0 Å². The van der Waals surface area contributed by atoms with Crippen LogP contribution in [-0.4, -0.2) is 20.8 Å². The van der Waals surface area contributed by atoms with Crippen molar-refractivity contribution in [2.75, 3.05) is 16.5 Å². The first-order chi connectivity index (χ1) is 28.0. The second-order valence-corrected chi connectivity index (χ2v) is 15.1. The summed E-state index contributed by atoms with van der Waals surface area (Å²) in [6, 6.07) is 58.5. The van der Waals surface area contributed by atoms with Crippen molar-refractivity contribution in [2.24, 2.45) is 0 Å². The van der Waals surface area contributed by atoms with Crippen molar-refractivity contribution >= 4 is 66.4 Å². The molecule has 0 unspecified atom stereocenters. The number of ether oxygens (including phenoxy) is 1. The first-order valence-electron chi connectivity index (χ1n) is 19.5. The molecule has 0 saturated carbocycles. The molecule has 0 aliphatic carbocycles. The molecule has 1 aliphatic rings. The maximum atomic E-state index is 6.31. The Morgan fingerprint density at radius 2 is 1.21 bits per heavy atom. The number of anilines is 4. The minimum absolute atomic E-state index is 0.560. The van der Waals surface area contributed by atoms with Gasteiger partial charge >= 0.3 is 0 Å². The lowest BCUT2D eigenvalue weighted by Gasteiger charge is -2.25. The Balaban J connectivity index is 1.18. The van der Waals surface area contributed by atoms with E-state index in [1.165, 1.54) is 66.3 Å². The van der Waals surface area contributed by atoms with Crippen molar-refractivity contribution in [3.05, 3.63) is 187 Å². The molecule has 11 rings (SSSR count). The van der Waals surface area contributed by atoms with E-state index in [1.807, 2.05) is 24.3 Å². The third-order valence-electron chi connectivity index (χ3n) is 11.5. The quantitative estimate of drug-likeness (QED) is 0.170. The predicted octanol–water partition coefficient (Wildman–Crippen LogP) is 13.2. The van der Waals surface area contributed by atoms with Crippen LogP contribution in [0.2, 0.25) is 0 Å². The summed E-state index contributed by atoms with van der Waals surface area (Å²) < 4.78 is 11.1. The van der Waals surface area contributed by atoms with Crippen molar-refractivity contribution in [1.29, 1.82) is 0 Å². The third-order valence-corrected chi connectivity index (χ3v) is 11.5. The molecule has 0 N–H and O–H groups in total. The molecule has 0 saturated heterocycles. The van der Waals surface area contributed by atoms with Crippen LogP contribution in [0.5, 0.6) is 11.6 Å². The van der Waals surface area contributed by atoms with E-state index in [0.717, 1.165) is 33.8 Å². The SMILES string of the molecule is Cc1cc(C)c(N2CN(c3ccc4c5c(ccc6c7ccccc7n(-c7ccccc7)c65)n(-c5cccc(Oc6ccccn6)c5)c4c3)c3ccccc32)c(C)c1. The lowest BCUT2D eigenvalue weighted by Crippen LogP contribution is -2.25. The van der Waals surface area contributed by atoms with Crippen LogP contribution in [-0.2, 0) is 0 Å². The summed E-state index contributed by atoms with van der Waals surface area (Å²) in [6.07, 6.45) is 1.75. The van der Waals surface area contributed by atoms with E-state index in [-0.39, 0.29) is 0 Å². The van der Waals surface area contributed by atoms with E-state index in [1.54, 1.807) is 6.20 Å². The average Bonchev–Trinajstić information content (AvgIpc) is 3.89. The van der Waals surface area contributed by atoms with Crippen LogP contribution in [0.4, 0.5) is 22.7 Å². The second kappa shape index (κ2) is 12.9. The molecule has 274 valence electrons. The number of rotatable bonds is 6. The molecule has 4 heterocycles. The van der Waals surface area contributed by atoms with Crippen molar-refractivity contribution in [1.82, 2.24) is 14.1 Å². The number of fused-ring (bicyclic) bond motifs is 8.